The Hall–Kier alpha value is -3.53. The van der Waals surface area contributed by atoms with Crippen molar-refractivity contribution in [1.29, 1.82) is 0 Å². The second-order valence-corrected chi connectivity index (χ2v) is 7.65. The molecule has 2 aromatic heterocycles. The van der Waals surface area contributed by atoms with Crippen LogP contribution in [0.3, 0.4) is 0 Å². The predicted octanol–water partition coefficient (Wildman–Crippen LogP) is 2.88. The number of anilines is 2. The van der Waals surface area contributed by atoms with Crippen LogP contribution < -0.4 is 10.1 Å². The Morgan fingerprint density at radius 2 is 1.75 bits per heavy atom. The molecule has 0 radical (unpaired) electrons. The Kier molecular flexibility index (Phi) is 5.22. The first-order valence-corrected chi connectivity index (χ1v) is 10.3. The topological polar surface area (TPSA) is 115 Å². The number of fused-ring (bicyclic) bond motifs is 1. The van der Waals surface area contributed by atoms with Gasteiger partial charge >= 0.3 is 0 Å². The van der Waals surface area contributed by atoms with E-state index in [1.165, 1.54) is 11.0 Å². The number of nitrogens with one attached hydrogen (secondary N) is 1. The van der Waals surface area contributed by atoms with Gasteiger partial charge in [0.1, 0.15) is 35.8 Å². The fourth-order valence-electron chi connectivity index (χ4n) is 3.88. The molecule has 0 aliphatic carbocycles. The van der Waals surface area contributed by atoms with Crippen LogP contribution in [-0.4, -0.2) is 55.4 Å². The lowest BCUT2D eigenvalue weighted by molar-refractivity contribution is -0.0370. The van der Waals surface area contributed by atoms with Gasteiger partial charge < -0.3 is 25.0 Å². The molecule has 3 heterocycles. The number of benzene rings is 2. The fourth-order valence-corrected chi connectivity index (χ4v) is 3.88. The van der Waals surface area contributed by atoms with Crippen LogP contribution >= 0.6 is 0 Å². The SMILES string of the molecule is COc1ccc(Nc2ncnc3c2c(-c2ccccc2)nn3[C@@H]2O[C@H](C)[C@H](O)[C@@H]2O)cc1. The van der Waals surface area contributed by atoms with Gasteiger partial charge in [-0.15, -0.1) is 0 Å². The van der Waals surface area contributed by atoms with E-state index in [1.807, 2.05) is 54.6 Å². The zero-order chi connectivity index (χ0) is 22.2. The summed E-state index contributed by atoms with van der Waals surface area (Å²) in [6.07, 6.45) is -2.12. The van der Waals surface area contributed by atoms with Crippen LogP contribution in [0.15, 0.2) is 60.9 Å². The number of hydrogen-bond donors (Lipinski definition) is 3. The molecule has 4 aromatic rings. The lowest BCUT2D eigenvalue weighted by Crippen LogP contribution is -2.30. The highest BCUT2D eigenvalue weighted by molar-refractivity contribution is 6.00. The van der Waals surface area contributed by atoms with E-state index in [0.29, 0.717) is 22.5 Å². The zero-order valence-electron chi connectivity index (χ0n) is 17.6. The largest absolute Gasteiger partial charge is 0.497 e. The van der Waals surface area contributed by atoms with E-state index in [9.17, 15) is 10.2 Å². The highest BCUT2D eigenvalue weighted by atomic mass is 16.6. The van der Waals surface area contributed by atoms with E-state index >= 15 is 0 Å². The summed E-state index contributed by atoms with van der Waals surface area (Å²) >= 11 is 0. The van der Waals surface area contributed by atoms with Gasteiger partial charge in [-0.05, 0) is 31.2 Å². The highest BCUT2D eigenvalue weighted by Crippen LogP contribution is 2.37. The minimum atomic E-state index is -1.13. The van der Waals surface area contributed by atoms with E-state index in [2.05, 4.69) is 15.3 Å². The molecule has 1 aliphatic heterocycles. The lowest BCUT2D eigenvalue weighted by atomic mass is 10.1. The third-order valence-electron chi connectivity index (χ3n) is 5.61. The maximum atomic E-state index is 10.6. The van der Waals surface area contributed by atoms with Crippen molar-refractivity contribution < 1.29 is 19.7 Å². The fraction of sp³-hybridized carbons (Fsp3) is 0.261. The van der Waals surface area contributed by atoms with Crippen molar-refractivity contribution in [3.8, 4) is 17.0 Å². The maximum absolute atomic E-state index is 10.6. The summed E-state index contributed by atoms with van der Waals surface area (Å²) in [6.45, 7) is 1.71. The third kappa shape index (κ3) is 3.46. The summed E-state index contributed by atoms with van der Waals surface area (Å²) in [5.41, 5.74) is 2.81. The van der Waals surface area contributed by atoms with E-state index in [1.54, 1.807) is 14.0 Å². The van der Waals surface area contributed by atoms with Crippen LogP contribution in [0.25, 0.3) is 22.3 Å². The first-order chi connectivity index (χ1) is 15.6. The summed E-state index contributed by atoms with van der Waals surface area (Å²) in [7, 11) is 1.62. The summed E-state index contributed by atoms with van der Waals surface area (Å²) in [4.78, 5) is 8.90. The van der Waals surface area contributed by atoms with Gasteiger partial charge in [-0.25, -0.2) is 14.6 Å². The molecule has 1 fully saturated rings. The molecule has 1 saturated heterocycles. The van der Waals surface area contributed by atoms with Gasteiger partial charge in [0.05, 0.1) is 18.6 Å². The Morgan fingerprint density at radius 1 is 1.00 bits per heavy atom. The van der Waals surface area contributed by atoms with Crippen LogP contribution in [0.4, 0.5) is 11.5 Å². The number of hydrogen-bond acceptors (Lipinski definition) is 8. The molecule has 32 heavy (non-hydrogen) atoms. The van der Waals surface area contributed by atoms with Crippen molar-refractivity contribution in [2.75, 3.05) is 12.4 Å². The van der Waals surface area contributed by atoms with Crippen LogP contribution in [0.2, 0.25) is 0 Å². The van der Waals surface area contributed by atoms with Gasteiger partial charge in [0.15, 0.2) is 11.9 Å². The molecule has 0 spiro atoms. The highest BCUT2D eigenvalue weighted by Gasteiger charge is 2.43. The number of methoxy groups -OCH3 is 1. The average molecular weight is 433 g/mol. The molecule has 4 atom stereocenters. The Labute approximate surface area is 184 Å². The second kappa shape index (κ2) is 8.19. The van der Waals surface area contributed by atoms with E-state index in [4.69, 9.17) is 14.6 Å². The number of rotatable bonds is 5. The quantitative estimate of drug-likeness (QED) is 0.440. The molecule has 164 valence electrons. The molecular formula is C23H23N5O4. The number of aliphatic hydroxyl groups excluding tert-OH is 2. The van der Waals surface area contributed by atoms with Crippen LogP contribution in [0.5, 0.6) is 5.75 Å². The van der Waals surface area contributed by atoms with E-state index in [-0.39, 0.29) is 0 Å². The van der Waals surface area contributed by atoms with E-state index < -0.39 is 24.5 Å². The Bertz CT molecular complexity index is 1230. The molecule has 1 aliphatic rings. The number of aliphatic hydroxyl groups is 2. The van der Waals surface area contributed by atoms with Crippen molar-refractivity contribution in [1.82, 2.24) is 19.7 Å². The number of nitrogens with zero attached hydrogens (tertiary/aromatic N) is 4. The van der Waals surface area contributed by atoms with Crippen molar-refractivity contribution >= 4 is 22.5 Å². The molecule has 9 nitrogen and oxygen atoms in total. The molecule has 5 rings (SSSR count). The second-order valence-electron chi connectivity index (χ2n) is 7.65. The summed E-state index contributed by atoms with van der Waals surface area (Å²) < 4.78 is 12.6. The van der Waals surface area contributed by atoms with E-state index in [0.717, 1.165) is 17.0 Å². The van der Waals surface area contributed by atoms with Crippen molar-refractivity contribution in [2.45, 2.75) is 31.5 Å². The normalized spacial score (nSPS) is 22.9. The zero-order valence-corrected chi connectivity index (χ0v) is 17.6. The Morgan fingerprint density at radius 3 is 2.41 bits per heavy atom. The lowest BCUT2D eigenvalue weighted by Gasteiger charge is -2.15. The van der Waals surface area contributed by atoms with Gasteiger partial charge in [-0.1, -0.05) is 30.3 Å². The predicted molar refractivity (Wildman–Crippen MR) is 119 cm³/mol. The number of ether oxygens (including phenoxy) is 2. The van der Waals surface area contributed by atoms with Crippen molar-refractivity contribution in [3.63, 3.8) is 0 Å². The van der Waals surface area contributed by atoms with Gasteiger partial charge in [0.25, 0.3) is 0 Å². The molecular weight excluding hydrogens is 410 g/mol. The molecule has 2 aromatic carbocycles. The van der Waals surface area contributed by atoms with Crippen LogP contribution in [-0.2, 0) is 4.74 Å². The summed E-state index contributed by atoms with van der Waals surface area (Å²) in [5.74, 6) is 1.31. The summed E-state index contributed by atoms with van der Waals surface area (Å²) in [5, 5.41) is 29.5. The molecule has 0 saturated carbocycles. The van der Waals surface area contributed by atoms with Crippen LogP contribution in [0, 0.1) is 0 Å². The van der Waals surface area contributed by atoms with Gasteiger partial charge in [0.2, 0.25) is 0 Å². The van der Waals surface area contributed by atoms with Gasteiger partial charge in [-0.3, -0.25) is 0 Å². The Balaban J connectivity index is 1.66. The maximum Gasteiger partial charge on any atom is 0.181 e. The third-order valence-corrected chi connectivity index (χ3v) is 5.61. The minimum absolute atomic E-state index is 0.486. The number of aromatic nitrogens is 4. The average Bonchev–Trinajstić information content (AvgIpc) is 3.34. The summed E-state index contributed by atoms with van der Waals surface area (Å²) in [6, 6.07) is 17.2. The standard InChI is InChI=1S/C23H23N5O4/c1-13-19(29)20(30)23(32-13)28-22-17(18(27-28)14-6-4-3-5-7-14)21(24-12-25-22)26-15-8-10-16(31-2)11-9-15/h3-13,19-20,23,29-30H,1-2H3,(H,24,25,26)/t13-,19+,20+,23-/m1/s1. The minimum Gasteiger partial charge on any atom is -0.497 e. The molecule has 9 heteroatoms. The smallest absolute Gasteiger partial charge is 0.181 e. The van der Waals surface area contributed by atoms with Crippen molar-refractivity contribution in [3.05, 3.63) is 60.9 Å². The van der Waals surface area contributed by atoms with Gasteiger partial charge in [0, 0.05) is 11.3 Å². The van der Waals surface area contributed by atoms with Crippen molar-refractivity contribution in [2.24, 2.45) is 0 Å². The first kappa shape index (κ1) is 20.4. The molecule has 0 unspecified atom stereocenters. The molecule has 3 N–H and O–H groups in total. The first-order valence-electron chi connectivity index (χ1n) is 10.3. The molecule has 0 amide bonds. The van der Waals surface area contributed by atoms with Crippen LogP contribution in [0.1, 0.15) is 13.2 Å². The van der Waals surface area contributed by atoms with Gasteiger partial charge in [-0.2, -0.15) is 5.10 Å². The monoisotopic (exact) mass is 433 g/mol. The molecule has 0 bridgehead atoms.